The molecule has 1 aliphatic heterocycles. The molecule has 1 aliphatic rings. The van der Waals surface area contributed by atoms with Crippen LogP contribution in [0.2, 0.25) is 0 Å². The van der Waals surface area contributed by atoms with Crippen LogP contribution >= 0.6 is 0 Å². The zero-order chi connectivity index (χ0) is 11.5. The Kier molecular flexibility index (Phi) is 4.40. The SMILES string of the molecule is CC(CC(F)(F)F)NC1CCCN(C)C1. The molecule has 0 aliphatic carbocycles. The third-order valence-electron chi connectivity index (χ3n) is 2.68. The number of nitrogens with zero attached hydrogens (tertiary/aromatic N) is 1. The number of halogens is 3. The first-order valence-corrected chi connectivity index (χ1v) is 5.38. The molecule has 0 amide bonds. The predicted octanol–water partition coefficient (Wildman–Crippen LogP) is 2.01. The van der Waals surface area contributed by atoms with Crippen molar-refractivity contribution in [1.29, 1.82) is 0 Å². The molecular weight excluding hydrogens is 205 g/mol. The second-order valence-electron chi connectivity index (χ2n) is 4.49. The molecule has 0 spiro atoms. The average molecular weight is 224 g/mol. The van der Waals surface area contributed by atoms with Crippen LogP contribution in [0.5, 0.6) is 0 Å². The van der Waals surface area contributed by atoms with Crippen LogP contribution in [-0.2, 0) is 0 Å². The van der Waals surface area contributed by atoms with Crippen molar-refractivity contribution in [2.24, 2.45) is 0 Å². The van der Waals surface area contributed by atoms with E-state index >= 15 is 0 Å². The van der Waals surface area contributed by atoms with Gasteiger partial charge in [0.1, 0.15) is 0 Å². The lowest BCUT2D eigenvalue weighted by molar-refractivity contribution is -0.139. The number of hydrogen-bond donors (Lipinski definition) is 1. The molecule has 2 unspecified atom stereocenters. The minimum atomic E-state index is -4.06. The van der Waals surface area contributed by atoms with Crippen LogP contribution in [0.15, 0.2) is 0 Å². The van der Waals surface area contributed by atoms with Gasteiger partial charge in [0.2, 0.25) is 0 Å². The Morgan fingerprint density at radius 3 is 2.67 bits per heavy atom. The van der Waals surface area contributed by atoms with E-state index in [1.54, 1.807) is 6.92 Å². The molecule has 1 saturated heterocycles. The van der Waals surface area contributed by atoms with E-state index in [0.29, 0.717) is 0 Å². The van der Waals surface area contributed by atoms with Crippen molar-refractivity contribution in [2.75, 3.05) is 20.1 Å². The van der Waals surface area contributed by atoms with E-state index in [0.717, 1.165) is 25.9 Å². The van der Waals surface area contributed by atoms with Gasteiger partial charge in [-0.05, 0) is 33.4 Å². The molecule has 90 valence electrons. The minimum Gasteiger partial charge on any atom is -0.310 e. The van der Waals surface area contributed by atoms with Gasteiger partial charge in [0.05, 0.1) is 6.42 Å². The maximum absolute atomic E-state index is 12.1. The van der Waals surface area contributed by atoms with Crippen molar-refractivity contribution in [3.8, 4) is 0 Å². The standard InChI is InChI=1S/C10H19F3N2/c1-8(6-10(11,12)13)14-9-4-3-5-15(2)7-9/h8-9,14H,3-7H2,1-2H3. The van der Waals surface area contributed by atoms with Crippen molar-refractivity contribution >= 4 is 0 Å². The fourth-order valence-electron chi connectivity index (χ4n) is 2.11. The number of likely N-dealkylation sites (tertiary alicyclic amines) is 1. The smallest absolute Gasteiger partial charge is 0.310 e. The van der Waals surface area contributed by atoms with E-state index in [4.69, 9.17) is 0 Å². The lowest BCUT2D eigenvalue weighted by atomic mass is 10.0. The molecule has 5 heteroatoms. The fourth-order valence-corrected chi connectivity index (χ4v) is 2.11. The normalized spacial score (nSPS) is 26.6. The Hall–Kier alpha value is -0.290. The molecule has 15 heavy (non-hydrogen) atoms. The van der Waals surface area contributed by atoms with Gasteiger partial charge in [0.25, 0.3) is 0 Å². The van der Waals surface area contributed by atoms with Crippen LogP contribution in [0.1, 0.15) is 26.2 Å². The van der Waals surface area contributed by atoms with Crippen LogP contribution < -0.4 is 5.32 Å². The lowest BCUT2D eigenvalue weighted by Gasteiger charge is -2.32. The molecule has 0 bridgehead atoms. The first kappa shape index (κ1) is 12.8. The third-order valence-corrected chi connectivity index (χ3v) is 2.68. The highest BCUT2D eigenvalue weighted by Gasteiger charge is 2.31. The van der Waals surface area contributed by atoms with Crippen LogP contribution in [0.4, 0.5) is 13.2 Å². The minimum absolute atomic E-state index is 0.209. The summed E-state index contributed by atoms with van der Waals surface area (Å²) in [5.74, 6) is 0. The summed E-state index contributed by atoms with van der Waals surface area (Å²) < 4.78 is 36.3. The zero-order valence-corrected chi connectivity index (χ0v) is 9.27. The van der Waals surface area contributed by atoms with Gasteiger partial charge in [-0.2, -0.15) is 13.2 Å². The number of likely N-dealkylation sites (N-methyl/N-ethyl adjacent to an activating group) is 1. The van der Waals surface area contributed by atoms with E-state index < -0.39 is 18.6 Å². The Balaban J connectivity index is 2.28. The van der Waals surface area contributed by atoms with Crippen LogP contribution in [0.3, 0.4) is 0 Å². The fraction of sp³-hybridized carbons (Fsp3) is 1.00. The Morgan fingerprint density at radius 2 is 2.13 bits per heavy atom. The monoisotopic (exact) mass is 224 g/mol. The first-order chi connectivity index (χ1) is 6.87. The Morgan fingerprint density at radius 1 is 1.47 bits per heavy atom. The Labute approximate surface area is 88.8 Å². The summed E-state index contributed by atoms with van der Waals surface area (Å²) >= 11 is 0. The molecule has 0 aromatic carbocycles. The van der Waals surface area contributed by atoms with Gasteiger partial charge < -0.3 is 10.2 Å². The molecule has 1 heterocycles. The van der Waals surface area contributed by atoms with Crippen LogP contribution in [0.25, 0.3) is 0 Å². The molecule has 1 fully saturated rings. The largest absolute Gasteiger partial charge is 0.390 e. The van der Waals surface area contributed by atoms with Crippen molar-refractivity contribution < 1.29 is 13.2 Å². The van der Waals surface area contributed by atoms with E-state index in [2.05, 4.69) is 10.2 Å². The maximum atomic E-state index is 12.1. The number of hydrogen-bond acceptors (Lipinski definition) is 2. The highest BCUT2D eigenvalue weighted by atomic mass is 19.4. The molecule has 2 nitrogen and oxygen atoms in total. The van der Waals surface area contributed by atoms with Gasteiger partial charge in [-0.15, -0.1) is 0 Å². The molecule has 2 atom stereocenters. The second kappa shape index (κ2) is 5.16. The summed E-state index contributed by atoms with van der Waals surface area (Å²) in [6, 6.07) is -0.275. The first-order valence-electron chi connectivity index (χ1n) is 5.38. The van der Waals surface area contributed by atoms with Gasteiger partial charge in [-0.25, -0.2) is 0 Å². The van der Waals surface area contributed by atoms with Crippen molar-refractivity contribution in [3.63, 3.8) is 0 Å². The van der Waals surface area contributed by atoms with E-state index in [1.165, 1.54) is 0 Å². The summed E-state index contributed by atoms with van der Waals surface area (Å²) in [6.45, 7) is 3.50. The second-order valence-corrected chi connectivity index (χ2v) is 4.49. The lowest BCUT2D eigenvalue weighted by Crippen LogP contribution is -2.48. The van der Waals surface area contributed by atoms with Crippen LogP contribution in [-0.4, -0.2) is 43.3 Å². The van der Waals surface area contributed by atoms with E-state index in [1.807, 2.05) is 7.05 Å². The summed E-state index contributed by atoms with van der Waals surface area (Å²) in [7, 11) is 2.00. The van der Waals surface area contributed by atoms with Gasteiger partial charge >= 0.3 is 6.18 Å². The third kappa shape index (κ3) is 5.37. The van der Waals surface area contributed by atoms with Crippen LogP contribution in [0, 0.1) is 0 Å². The highest BCUT2D eigenvalue weighted by Crippen LogP contribution is 2.22. The number of piperidine rings is 1. The van der Waals surface area contributed by atoms with Gasteiger partial charge in [-0.3, -0.25) is 0 Å². The maximum Gasteiger partial charge on any atom is 0.390 e. The van der Waals surface area contributed by atoms with Crippen molar-refractivity contribution in [1.82, 2.24) is 10.2 Å². The predicted molar refractivity (Wildman–Crippen MR) is 53.8 cm³/mol. The van der Waals surface area contributed by atoms with Gasteiger partial charge in [0.15, 0.2) is 0 Å². The average Bonchev–Trinajstić information content (AvgIpc) is 1.99. The molecule has 0 saturated carbocycles. The zero-order valence-electron chi connectivity index (χ0n) is 9.27. The summed E-state index contributed by atoms with van der Waals surface area (Å²) in [6.07, 6.45) is -2.76. The van der Waals surface area contributed by atoms with E-state index in [9.17, 15) is 13.2 Å². The summed E-state index contributed by atoms with van der Waals surface area (Å²) in [5, 5.41) is 3.04. The number of alkyl halides is 3. The molecule has 1 N–H and O–H groups in total. The molecule has 1 rings (SSSR count). The highest BCUT2D eigenvalue weighted by molar-refractivity contribution is 4.79. The molecule has 0 aromatic heterocycles. The Bertz CT molecular complexity index is 194. The molecular formula is C10H19F3N2. The number of nitrogens with one attached hydrogen (secondary N) is 1. The van der Waals surface area contributed by atoms with E-state index in [-0.39, 0.29) is 6.04 Å². The summed E-state index contributed by atoms with van der Waals surface area (Å²) in [5.41, 5.74) is 0. The topological polar surface area (TPSA) is 15.3 Å². The van der Waals surface area contributed by atoms with Gasteiger partial charge in [-0.1, -0.05) is 0 Å². The summed E-state index contributed by atoms with van der Waals surface area (Å²) in [4.78, 5) is 2.15. The number of rotatable bonds is 3. The molecule has 0 radical (unpaired) electrons. The van der Waals surface area contributed by atoms with Gasteiger partial charge in [0, 0.05) is 18.6 Å². The van der Waals surface area contributed by atoms with Crippen molar-refractivity contribution in [3.05, 3.63) is 0 Å². The molecule has 0 aromatic rings. The quantitative estimate of drug-likeness (QED) is 0.789. The van der Waals surface area contributed by atoms with Crippen molar-refractivity contribution in [2.45, 2.75) is 44.4 Å².